The number of hydrogen-bond acceptors (Lipinski definition) is 3. The molecule has 0 spiro atoms. The first-order valence-corrected chi connectivity index (χ1v) is 7.77. The zero-order valence-corrected chi connectivity index (χ0v) is 13.9. The van der Waals surface area contributed by atoms with Gasteiger partial charge < -0.3 is 10.2 Å². The minimum absolute atomic E-state index is 0.0718. The van der Waals surface area contributed by atoms with Crippen LogP contribution in [0.25, 0.3) is 0 Å². The summed E-state index contributed by atoms with van der Waals surface area (Å²) in [6, 6.07) is 5.84. The molecule has 124 valence electrons. The van der Waals surface area contributed by atoms with Gasteiger partial charge in [-0.15, -0.1) is 0 Å². The second-order valence-electron chi connectivity index (χ2n) is 5.99. The van der Waals surface area contributed by atoms with Crippen molar-refractivity contribution in [1.29, 1.82) is 0 Å². The van der Waals surface area contributed by atoms with Gasteiger partial charge in [-0.25, -0.2) is 4.79 Å². The number of hydrogen-bond donors (Lipinski definition) is 1. The Bertz CT molecular complexity index is 628. The van der Waals surface area contributed by atoms with Gasteiger partial charge in [0.1, 0.15) is 6.54 Å². The van der Waals surface area contributed by atoms with Crippen LogP contribution in [-0.4, -0.2) is 47.8 Å². The van der Waals surface area contributed by atoms with E-state index in [1.807, 2.05) is 26.0 Å². The van der Waals surface area contributed by atoms with Crippen molar-refractivity contribution < 1.29 is 14.4 Å². The molecule has 0 bridgehead atoms. The highest BCUT2D eigenvalue weighted by Crippen LogP contribution is 2.11. The third-order valence-corrected chi connectivity index (χ3v) is 3.99. The number of carbonyl (C=O) groups excluding carboxylic acids is 3. The van der Waals surface area contributed by atoms with Crippen molar-refractivity contribution in [3.05, 3.63) is 34.9 Å². The molecule has 23 heavy (non-hydrogen) atoms. The summed E-state index contributed by atoms with van der Waals surface area (Å²) < 4.78 is 0. The van der Waals surface area contributed by atoms with Crippen molar-refractivity contribution in [2.45, 2.75) is 33.2 Å². The number of benzene rings is 1. The summed E-state index contributed by atoms with van der Waals surface area (Å²) >= 11 is 0. The molecule has 1 saturated heterocycles. The summed E-state index contributed by atoms with van der Waals surface area (Å²) in [7, 11) is 1.59. The van der Waals surface area contributed by atoms with Gasteiger partial charge in [-0.2, -0.15) is 0 Å². The lowest BCUT2D eigenvalue weighted by Crippen LogP contribution is -2.33. The molecule has 1 fully saturated rings. The molecule has 1 aromatic carbocycles. The van der Waals surface area contributed by atoms with Gasteiger partial charge in [0.2, 0.25) is 11.8 Å². The number of nitrogens with one attached hydrogen (secondary N) is 1. The molecular weight excluding hydrogens is 294 g/mol. The standard InChI is InChI=1S/C17H23N3O3/c1-12-6-7-14(13(2)9-12)10-18-15(21)5-4-8-20-16(22)11-19(3)17(20)23/h6-7,9H,4-5,8,10-11H2,1-3H3,(H,18,21). The molecule has 1 aliphatic rings. The molecule has 1 aromatic rings. The summed E-state index contributed by atoms with van der Waals surface area (Å²) in [5.41, 5.74) is 3.44. The molecule has 0 aliphatic carbocycles. The summed E-state index contributed by atoms with van der Waals surface area (Å²) in [5.74, 6) is -0.273. The minimum Gasteiger partial charge on any atom is -0.352 e. The Balaban J connectivity index is 1.73. The van der Waals surface area contributed by atoms with E-state index in [1.165, 1.54) is 15.4 Å². The van der Waals surface area contributed by atoms with E-state index in [0.29, 0.717) is 25.9 Å². The van der Waals surface area contributed by atoms with Gasteiger partial charge >= 0.3 is 6.03 Å². The Morgan fingerprint density at radius 1 is 1.26 bits per heavy atom. The maximum Gasteiger partial charge on any atom is 0.326 e. The van der Waals surface area contributed by atoms with Crippen LogP contribution in [0.15, 0.2) is 18.2 Å². The van der Waals surface area contributed by atoms with Gasteiger partial charge in [0, 0.05) is 26.6 Å². The van der Waals surface area contributed by atoms with Crippen LogP contribution in [-0.2, 0) is 16.1 Å². The predicted molar refractivity (Wildman–Crippen MR) is 86.7 cm³/mol. The highest BCUT2D eigenvalue weighted by molar-refractivity contribution is 6.01. The Hall–Kier alpha value is -2.37. The molecule has 1 N–H and O–H groups in total. The van der Waals surface area contributed by atoms with E-state index in [9.17, 15) is 14.4 Å². The second-order valence-corrected chi connectivity index (χ2v) is 5.99. The van der Waals surface area contributed by atoms with E-state index < -0.39 is 0 Å². The maximum absolute atomic E-state index is 11.9. The summed E-state index contributed by atoms with van der Waals surface area (Å²) in [5, 5.41) is 2.88. The van der Waals surface area contributed by atoms with Crippen molar-refractivity contribution in [2.75, 3.05) is 20.1 Å². The van der Waals surface area contributed by atoms with Crippen LogP contribution >= 0.6 is 0 Å². The van der Waals surface area contributed by atoms with Gasteiger partial charge in [0.05, 0.1) is 0 Å². The number of imide groups is 1. The van der Waals surface area contributed by atoms with Crippen LogP contribution in [0.3, 0.4) is 0 Å². The molecule has 0 atom stereocenters. The Morgan fingerprint density at radius 2 is 2.00 bits per heavy atom. The van der Waals surface area contributed by atoms with E-state index in [0.717, 1.165) is 11.1 Å². The van der Waals surface area contributed by atoms with E-state index in [1.54, 1.807) is 7.05 Å². The molecular formula is C17H23N3O3. The lowest BCUT2D eigenvalue weighted by atomic mass is 10.1. The fourth-order valence-electron chi connectivity index (χ4n) is 2.61. The van der Waals surface area contributed by atoms with E-state index >= 15 is 0 Å². The Labute approximate surface area is 136 Å². The molecule has 0 radical (unpaired) electrons. The van der Waals surface area contributed by atoms with Gasteiger partial charge in [-0.3, -0.25) is 14.5 Å². The number of likely N-dealkylation sites (N-methyl/N-ethyl adjacent to an activating group) is 1. The number of aryl methyl sites for hydroxylation is 2. The quantitative estimate of drug-likeness (QED) is 0.810. The highest BCUT2D eigenvalue weighted by Gasteiger charge is 2.32. The first-order chi connectivity index (χ1) is 10.9. The van der Waals surface area contributed by atoms with Gasteiger partial charge in [-0.1, -0.05) is 23.8 Å². The van der Waals surface area contributed by atoms with Crippen molar-refractivity contribution in [3.8, 4) is 0 Å². The van der Waals surface area contributed by atoms with E-state index in [-0.39, 0.29) is 24.4 Å². The zero-order valence-electron chi connectivity index (χ0n) is 13.9. The molecule has 1 aliphatic heterocycles. The molecule has 0 aromatic heterocycles. The van der Waals surface area contributed by atoms with Gasteiger partial charge in [0.25, 0.3) is 0 Å². The van der Waals surface area contributed by atoms with Crippen LogP contribution in [0.5, 0.6) is 0 Å². The average molecular weight is 317 g/mol. The summed E-state index contributed by atoms with van der Waals surface area (Å²) in [4.78, 5) is 37.8. The molecule has 0 unspecified atom stereocenters. The molecule has 1 heterocycles. The topological polar surface area (TPSA) is 69.7 Å². The lowest BCUT2D eigenvalue weighted by Gasteiger charge is -2.14. The van der Waals surface area contributed by atoms with Crippen LogP contribution < -0.4 is 5.32 Å². The maximum atomic E-state index is 11.9. The number of amides is 4. The van der Waals surface area contributed by atoms with Crippen LogP contribution in [0.4, 0.5) is 4.79 Å². The predicted octanol–water partition coefficient (Wildman–Crippen LogP) is 1.59. The largest absolute Gasteiger partial charge is 0.352 e. The molecule has 6 nitrogen and oxygen atoms in total. The SMILES string of the molecule is Cc1ccc(CNC(=O)CCCN2C(=O)CN(C)C2=O)c(C)c1. The lowest BCUT2D eigenvalue weighted by molar-refractivity contribution is -0.126. The molecule has 0 saturated carbocycles. The third kappa shape index (κ3) is 4.31. The van der Waals surface area contributed by atoms with Crippen LogP contribution in [0.2, 0.25) is 0 Å². The fourth-order valence-corrected chi connectivity index (χ4v) is 2.61. The van der Waals surface area contributed by atoms with Gasteiger partial charge in [0.15, 0.2) is 0 Å². The highest BCUT2D eigenvalue weighted by atomic mass is 16.2. The van der Waals surface area contributed by atoms with Crippen LogP contribution in [0, 0.1) is 13.8 Å². The van der Waals surface area contributed by atoms with Crippen molar-refractivity contribution >= 4 is 17.8 Å². The third-order valence-electron chi connectivity index (χ3n) is 3.99. The van der Waals surface area contributed by atoms with Crippen molar-refractivity contribution in [2.24, 2.45) is 0 Å². The second kappa shape index (κ2) is 7.26. The smallest absolute Gasteiger partial charge is 0.326 e. The number of rotatable bonds is 6. The number of carbonyl (C=O) groups is 3. The first kappa shape index (κ1) is 17.0. The van der Waals surface area contributed by atoms with E-state index in [4.69, 9.17) is 0 Å². The molecule has 6 heteroatoms. The number of nitrogens with zero attached hydrogens (tertiary/aromatic N) is 2. The number of urea groups is 1. The summed E-state index contributed by atoms with van der Waals surface area (Å²) in [6.45, 7) is 4.97. The van der Waals surface area contributed by atoms with Gasteiger partial charge in [-0.05, 0) is 31.4 Å². The first-order valence-electron chi connectivity index (χ1n) is 7.77. The Kier molecular flexibility index (Phi) is 5.36. The summed E-state index contributed by atoms with van der Waals surface area (Å²) in [6.07, 6.45) is 0.774. The molecule has 4 amide bonds. The van der Waals surface area contributed by atoms with Crippen molar-refractivity contribution in [3.63, 3.8) is 0 Å². The minimum atomic E-state index is -0.286. The Morgan fingerprint density at radius 3 is 2.61 bits per heavy atom. The zero-order chi connectivity index (χ0) is 17.0. The monoisotopic (exact) mass is 317 g/mol. The average Bonchev–Trinajstić information content (AvgIpc) is 2.72. The van der Waals surface area contributed by atoms with Crippen molar-refractivity contribution in [1.82, 2.24) is 15.1 Å². The van der Waals surface area contributed by atoms with Crippen LogP contribution in [0.1, 0.15) is 29.5 Å². The van der Waals surface area contributed by atoms with E-state index in [2.05, 4.69) is 11.4 Å². The normalized spacial score (nSPS) is 14.6. The fraction of sp³-hybridized carbons (Fsp3) is 0.471. The molecule has 2 rings (SSSR count).